The van der Waals surface area contributed by atoms with E-state index >= 15 is 0 Å². The molecule has 0 spiro atoms. The molecular formula is C32H35Cl4N8O12PS. The number of nitrogens with one attached hydrogen (secondary N) is 2. The Morgan fingerprint density at radius 3 is 2.26 bits per heavy atom. The van der Waals surface area contributed by atoms with Gasteiger partial charge in [-0.15, -0.1) is 16.6 Å². The minimum atomic E-state index is -4.18. The van der Waals surface area contributed by atoms with Gasteiger partial charge in [0, 0.05) is 11.5 Å². The highest BCUT2D eigenvalue weighted by molar-refractivity contribution is 7.92. The molecule has 0 bridgehead atoms. The Morgan fingerprint density at radius 1 is 1.03 bits per heavy atom. The second-order valence-electron chi connectivity index (χ2n) is 12.3. The van der Waals surface area contributed by atoms with Gasteiger partial charge in [0.25, 0.3) is 21.0 Å². The number of hydrogen-bond acceptors (Lipinski definition) is 14. The number of aliphatic carboxylic acids is 1. The van der Waals surface area contributed by atoms with E-state index in [1.165, 1.54) is 38.5 Å². The number of halogens is 4. The quantitative estimate of drug-likeness (QED) is 0.0831. The number of benzene rings is 2. The number of terminal acetylenes is 1. The van der Waals surface area contributed by atoms with Crippen LogP contribution in [0.4, 0.5) is 5.69 Å². The summed E-state index contributed by atoms with van der Waals surface area (Å²) in [6, 6.07) is 7.61. The normalized spacial score (nSPS) is 11.4. The van der Waals surface area contributed by atoms with Crippen LogP contribution in [0.5, 0.6) is 17.5 Å². The first-order valence-electron chi connectivity index (χ1n) is 15.9. The number of aryl methyl sites for hydroxylation is 1. The summed E-state index contributed by atoms with van der Waals surface area (Å²) in [6.07, 6.45) is 4.56. The lowest BCUT2D eigenvalue weighted by molar-refractivity contribution is -0.135. The molecule has 0 aliphatic heterocycles. The number of ether oxygens (including phenoxy) is 3. The van der Waals surface area contributed by atoms with Crippen LogP contribution in [0.3, 0.4) is 0 Å². The molecule has 0 saturated carbocycles. The highest BCUT2D eigenvalue weighted by atomic mass is 35.5. The summed E-state index contributed by atoms with van der Waals surface area (Å²) < 4.78 is 60.6. The molecular weight excluding hydrogens is 893 g/mol. The Bertz CT molecular complexity index is 2550. The van der Waals surface area contributed by atoms with E-state index < -0.39 is 52.7 Å². The lowest BCUT2D eigenvalue weighted by Crippen LogP contribution is -2.23. The zero-order chi connectivity index (χ0) is 43.7. The Labute approximate surface area is 350 Å². The monoisotopic (exact) mass is 926 g/mol. The first-order chi connectivity index (χ1) is 26.9. The van der Waals surface area contributed by atoms with E-state index in [1.807, 2.05) is 20.8 Å². The minimum Gasteiger partial charge on any atom is -0.481 e. The lowest BCUT2D eigenvalue weighted by Gasteiger charge is -2.11. The molecule has 0 saturated heterocycles. The predicted molar refractivity (Wildman–Crippen MR) is 214 cm³/mol. The van der Waals surface area contributed by atoms with Crippen LogP contribution in [0.2, 0.25) is 20.1 Å². The van der Waals surface area contributed by atoms with E-state index in [1.54, 1.807) is 13.0 Å². The van der Waals surface area contributed by atoms with Crippen molar-refractivity contribution >= 4 is 81.5 Å². The van der Waals surface area contributed by atoms with Crippen molar-refractivity contribution in [3.05, 3.63) is 72.4 Å². The van der Waals surface area contributed by atoms with Gasteiger partial charge in [-0.3, -0.25) is 19.4 Å². The van der Waals surface area contributed by atoms with Crippen molar-refractivity contribution in [2.75, 3.05) is 38.4 Å². The largest absolute Gasteiger partial charge is 0.481 e. The third kappa shape index (κ3) is 12.9. The number of carboxylic acids is 1. The van der Waals surface area contributed by atoms with Crippen LogP contribution >= 0.6 is 54.0 Å². The Kier molecular flexibility index (Phi) is 16.4. The van der Waals surface area contributed by atoms with E-state index in [9.17, 15) is 22.6 Å². The molecule has 5 aromatic rings. The number of fused-ring (bicyclic) bond motifs is 1. The SMILES string of the molecule is C#CCOc1cc(-n2nc(C(C)(C)C)oc2=O)c(Cl)cc1Cl.COc1cc(OC)n2nc(S(=O)(=O)Nc3c(Cl)ccc(C)c3Cl)nc2n1.O=C(O)CNCP(=O)(O)O. The van der Waals surface area contributed by atoms with Gasteiger partial charge in [-0.2, -0.15) is 27.6 Å². The number of nitrogens with zero attached hydrogens (tertiary/aromatic N) is 6. The third-order valence-electron chi connectivity index (χ3n) is 6.74. The van der Waals surface area contributed by atoms with Crippen molar-refractivity contribution in [3.63, 3.8) is 0 Å². The van der Waals surface area contributed by atoms with Gasteiger partial charge >= 0.3 is 19.3 Å². The van der Waals surface area contributed by atoms with Crippen molar-refractivity contribution in [3.8, 4) is 35.5 Å². The fourth-order valence-corrected chi connectivity index (χ4v) is 6.51. The summed E-state index contributed by atoms with van der Waals surface area (Å²) >= 11 is 24.4. The number of carboxylic acid groups (broad SMARTS) is 1. The summed E-state index contributed by atoms with van der Waals surface area (Å²) in [4.78, 5) is 46.1. The molecule has 0 atom stereocenters. The Balaban J connectivity index is 0.000000255. The van der Waals surface area contributed by atoms with Crippen molar-refractivity contribution in [2.24, 2.45) is 0 Å². The van der Waals surface area contributed by atoms with Crippen LogP contribution in [-0.4, -0.2) is 92.3 Å². The maximum atomic E-state index is 12.7. The highest BCUT2D eigenvalue weighted by Gasteiger charge is 2.26. The molecule has 0 aliphatic rings. The van der Waals surface area contributed by atoms with Crippen molar-refractivity contribution in [1.82, 2.24) is 34.7 Å². The number of rotatable bonds is 12. The third-order valence-corrected chi connectivity index (χ3v) is 9.90. The van der Waals surface area contributed by atoms with E-state index in [4.69, 9.17) is 86.3 Å². The first kappa shape index (κ1) is 47.8. The summed E-state index contributed by atoms with van der Waals surface area (Å²) in [5.74, 6) is 1.55. The standard InChI is InChI=1S/C15H14Cl2N2O3.C14H13Cl2N5O4S.C3H8NO5P/c1-5-6-21-12-8-11(9(16)7-10(12)17)19-14(20)22-13(18-19)15(2,3)4;1-7-4-5-8(15)12(11(7)16)20-26(22,23)14-18-13-17-9(24-2)6-10(25-3)21(13)19-14;5-3(6)1-4-2-10(7,8)9/h1,7-8H,6H2,2-4H3;4-6,20H,1-3H3;4H,1-2H2,(H,5,6)(H2,7,8,9). The molecule has 0 aliphatic carbocycles. The van der Waals surface area contributed by atoms with Crippen LogP contribution in [0.15, 0.2) is 44.7 Å². The van der Waals surface area contributed by atoms with Gasteiger partial charge in [0.05, 0.1) is 64.6 Å². The Morgan fingerprint density at radius 2 is 1.71 bits per heavy atom. The maximum Gasteiger partial charge on any atom is 0.442 e. The van der Waals surface area contributed by atoms with E-state index in [-0.39, 0.29) is 49.9 Å². The average molecular weight is 929 g/mol. The molecule has 314 valence electrons. The number of sulfonamides is 1. The van der Waals surface area contributed by atoms with Crippen LogP contribution in [-0.2, 0) is 24.8 Å². The summed E-state index contributed by atoms with van der Waals surface area (Å²) in [7, 11) is -5.47. The molecule has 20 nitrogen and oxygen atoms in total. The zero-order valence-corrected chi connectivity index (χ0v) is 35.9. The van der Waals surface area contributed by atoms with Crippen molar-refractivity contribution < 1.29 is 51.3 Å². The minimum absolute atomic E-state index is 0.0111. The number of carbonyl (C=O) groups is 1. The highest BCUT2D eigenvalue weighted by Crippen LogP contribution is 2.35. The molecule has 0 unspecified atom stereocenters. The van der Waals surface area contributed by atoms with Gasteiger partial charge in [-0.25, -0.2) is 4.79 Å². The molecule has 0 radical (unpaired) electrons. The van der Waals surface area contributed by atoms with Gasteiger partial charge in [0.2, 0.25) is 17.7 Å². The molecule has 0 fully saturated rings. The van der Waals surface area contributed by atoms with E-state index in [2.05, 4.69) is 36.1 Å². The summed E-state index contributed by atoms with van der Waals surface area (Å²) in [5.41, 5.74) is 0.600. The molecule has 3 aromatic heterocycles. The molecule has 26 heteroatoms. The second kappa shape index (κ2) is 19.9. The van der Waals surface area contributed by atoms with E-state index in [0.717, 1.165) is 9.20 Å². The van der Waals surface area contributed by atoms with Gasteiger partial charge in [0.15, 0.2) is 0 Å². The van der Waals surface area contributed by atoms with Crippen molar-refractivity contribution in [2.45, 2.75) is 38.3 Å². The van der Waals surface area contributed by atoms with Crippen LogP contribution in [0.25, 0.3) is 11.5 Å². The predicted octanol–water partition coefficient (Wildman–Crippen LogP) is 4.80. The number of anilines is 1. The van der Waals surface area contributed by atoms with Gasteiger partial charge in [-0.1, -0.05) is 79.2 Å². The fourth-order valence-electron chi connectivity index (χ4n) is 4.05. The van der Waals surface area contributed by atoms with Gasteiger partial charge in [0.1, 0.15) is 12.4 Å². The zero-order valence-electron chi connectivity index (χ0n) is 31.2. The summed E-state index contributed by atoms with van der Waals surface area (Å²) in [5, 5.41) is 18.5. The first-order valence-corrected chi connectivity index (χ1v) is 20.7. The molecule has 0 amide bonds. The number of hydrogen-bond donors (Lipinski definition) is 5. The average Bonchev–Trinajstić information content (AvgIpc) is 3.75. The number of aromatic nitrogens is 6. The smallest absolute Gasteiger partial charge is 0.442 e. The summed E-state index contributed by atoms with van der Waals surface area (Å²) in [6.45, 7) is 6.97. The fraction of sp³-hybridized carbons (Fsp3) is 0.312. The lowest BCUT2D eigenvalue weighted by atomic mass is 9.97. The molecule has 5 rings (SSSR count). The second-order valence-corrected chi connectivity index (χ2v) is 17.1. The van der Waals surface area contributed by atoms with Crippen LogP contribution in [0, 0.1) is 19.3 Å². The van der Waals surface area contributed by atoms with Crippen LogP contribution < -0.4 is 30.0 Å². The van der Waals surface area contributed by atoms with E-state index in [0.29, 0.717) is 22.9 Å². The molecule has 2 aromatic carbocycles. The molecule has 58 heavy (non-hydrogen) atoms. The topological polar surface area (TPSA) is 272 Å². The van der Waals surface area contributed by atoms with Crippen LogP contribution in [0.1, 0.15) is 32.2 Å². The van der Waals surface area contributed by atoms with Gasteiger partial charge in [-0.05, 0) is 24.6 Å². The van der Waals surface area contributed by atoms with Crippen molar-refractivity contribution in [1.29, 1.82) is 0 Å². The molecule has 5 N–H and O–H groups in total. The number of methoxy groups -OCH3 is 2. The van der Waals surface area contributed by atoms with Gasteiger partial charge < -0.3 is 33.5 Å². The molecule has 3 heterocycles. The Hall–Kier alpha value is -4.62. The maximum absolute atomic E-state index is 12.7.